The van der Waals surface area contributed by atoms with Crippen LogP contribution >= 0.6 is 8.65 Å². The summed E-state index contributed by atoms with van der Waals surface area (Å²) in [7, 11) is 4.83. The Bertz CT molecular complexity index is 10.0. The molecule has 0 saturated heterocycles. The fraction of sp³-hybridized carbons (Fsp3) is 0. The first-order chi connectivity index (χ1) is 2.00. The summed E-state index contributed by atoms with van der Waals surface area (Å²) in [6, 6.07) is 0. The molecule has 0 aliphatic heterocycles. The van der Waals surface area contributed by atoms with Gasteiger partial charge in [0.15, 0.2) is 0 Å². The zero-order chi connectivity index (χ0) is 4.00. The van der Waals surface area contributed by atoms with Gasteiger partial charge in [-0.2, -0.15) is 0 Å². The molecule has 0 aliphatic carbocycles. The van der Waals surface area contributed by atoms with Gasteiger partial charge in [0, 0.05) is 0 Å². The molecule has 0 unspecified atom stereocenters. The van der Waals surface area contributed by atoms with Gasteiger partial charge in [0.05, 0.1) is 0 Å². The van der Waals surface area contributed by atoms with Crippen molar-refractivity contribution in [2.45, 2.75) is 0 Å². The molecule has 0 aromatic heterocycles. The Labute approximate surface area is 46.8 Å². The van der Waals surface area contributed by atoms with Crippen molar-refractivity contribution in [3.05, 3.63) is 0 Å². The van der Waals surface area contributed by atoms with Crippen LogP contribution in [-0.4, -0.2) is 33.8 Å². The first-order valence-corrected chi connectivity index (χ1v) is 6.24. The van der Waals surface area contributed by atoms with Crippen molar-refractivity contribution in [2.75, 3.05) is 0 Å². The molecule has 0 aromatic rings. The van der Waals surface area contributed by atoms with Gasteiger partial charge in [0.2, 0.25) is 10.1 Å². The van der Waals surface area contributed by atoms with Crippen molar-refractivity contribution in [2.24, 2.45) is 0 Å². The summed E-state index contributed by atoms with van der Waals surface area (Å²) in [5.74, 6) is 0. The minimum absolute atomic E-state index is 0.611. The van der Waals surface area contributed by atoms with E-state index in [1.807, 2.05) is 0 Å². The molecular weight excluding hydrogens is 283 g/mol. The molecule has 0 aromatic carbocycles. The van der Waals surface area contributed by atoms with Crippen molar-refractivity contribution in [3.8, 4) is 0 Å². The first kappa shape index (κ1) is 8.94. The Morgan fingerprint density at radius 1 is 1.50 bits per heavy atom. The zero-order valence-corrected chi connectivity index (χ0v) is 8.14. The molecule has 0 saturated carbocycles. The van der Waals surface area contributed by atoms with Crippen LogP contribution in [0, 0.1) is 0 Å². The van der Waals surface area contributed by atoms with E-state index < -0.39 is 0 Å². The van der Waals surface area contributed by atoms with Crippen LogP contribution in [0.3, 0.4) is 0 Å². The molecule has 2 radical (unpaired) electrons. The minimum atomic E-state index is 0.611. The molecular formula is H2OPbSSi. The monoisotopic (exact) mass is 286 g/mol. The third kappa shape index (κ3) is 11.0. The molecule has 4 heavy (non-hydrogen) atoms. The quantitative estimate of drug-likeness (QED) is 0.544. The Kier molecular flexibility index (Phi) is 69.1. The summed E-state index contributed by atoms with van der Waals surface area (Å²) >= 11 is 0.889. The fourth-order valence-corrected chi connectivity index (χ4v) is 0. The standard InChI is InChI=1S/H2OSi.Pb.S/c1-2;;/h2H2;;. The molecule has 0 heterocycles. The molecule has 0 atom stereocenters. The van der Waals surface area contributed by atoms with E-state index in [0.717, 1.165) is 23.7 Å². The average molecular weight is 285 g/mol. The van der Waals surface area contributed by atoms with Crippen molar-refractivity contribution in [1.82, 2.24) is 0 Å². The summed E-state index contributed by atoms with van der Waals surface area (Å²) in [6.45, 7) is 0. The number of rotatable bonds is 0. The van der Waals surface area contributed by atoms with Gasteiger partial charge in [-0.25, -0.2) is 0 Å². The second-order valence-corrected chi connectivity index (χ2v) is 0. The van der Waals surface area contributed by atoms with Crippen LogP contribution in [0.15, 0.2) is 0 Å². The van der Waals surface area contributed by atoms with Crippen molar-refractivity contribution in [1.29, 1.82) is 0 Å². The van der Waals surface area contributed by atoms with E-state index in [9.17, 15) is 0 Å². The van der Waals surface area contributed by atoms with Crippen molar-refractivity contribution < 1.29 is 4.46 Å². The maximum absolute atomic E-state index is 8.28. The molecule has 0 fully saturated rings. The summed E-state index contributed by atoms with van der Waals surface area (Å²) < 4.78 is 8.28. The molecule has 0 bridgehead atoms. The average Bonchev–Trinajstić information content (AvgIpc) is 1.50. The van der Waals surface area contributed by atoms with Crippen LogP contribution in [0.1, 0.15) is 0 Å². The van der Waals surface area contributed by atoms with Crippen LogP contribution in [0.5, 0.6) is 0 Å². The van der Waals surface area contributed by atoms with E-state index >= 15 is 0 Å². The van der Waals surface area contributed by atoms with Gasteiger partial charge in [-0.3, -0.25) is 0 Å². The van der Waals surface area contributed by atoms with E-state index in [0.29, 0.717) is 10.1 Å². The molecule has 4 heteroatoms. The van der Waals surface area contributed by atoms with E-state index in [4.69, 9.17) is 4.46 Å². The fourth-order valence-electron chi connectivity index (χ4n) is 0. The number of hydrogen-bond donors (Lipinski definition) is 0. The molecule has 1 nitrogen and oxygen atoms in total. The van der Waals surface area contributed by atoms with E-state index in [1.54, 1.807) is 0 Å². The van der Waals surface area contributed by atoms with E-state index in [1.165, 1.54) is 0 Å². The molecule has 0 N–H and O–H groups in total. The third-order valence-electron chi connectivity index (χ3n) is 0. The van der Waals surface area contributed by atoms with Gasteiger partial charge in [-0.05, 0) is 0 Å². The van der Waals surface area contributed by atoms with Crippen LogP contribution in [0.4, 0.5) is 0 Å². The Morgan fingerprint density at radius 2 is 1.50 bits per heavy atom. The van der Waals surface area contributed by atoms with Gasteiger partial charge >= 0.3 is 32.3 Å². The SMILES string of the molecule is O=[SiH2].[S]=[Pb]. The maximum atomic E-state index is 8.28. The predicted octanol–water partition coefficient (Wildman–Crippen LogP) is -0.768. The van der Waals surface area contributed by atoms with Gasteiger partial charge in [-0.1, -0.05) is 0 Å². The molecule has 0 spiro atoms. The second-order valence-electron chi connectivity index (χ2n) is 0. The molecule has 22 valence electrons. The van der Waals surface area contributed by atoms with E-state index in [2.05, 4.69) is 8.65 Å². The summed E-state index contributed by atoms with van der Waals surface area (Å²) in [5, 5.41) is 0. The summed E-state index contributed by atoms with van der Waals surface area (Å²) in [5.41, 5.74) is 0. The first-order valence-electron chi connectivity index (χ1n) is 0.493. The predicted molar refractivity (Wildman–Crippen MR) is 22.6 cm³/mol. The number of hydrogen-bond acceptors (Lipinski definition) is 2. The zero-order valence-electron chi connectivity index (χ0n) is 2.02. The Morgan fingerprint density at radius 3 is 1.50 bits per heavy atom. The van der Waals surface area contributed by atoms with Gasteiger partial charge < -0.3 is 4.46 Å². The summed E-state index contributed by atoms with van der Waals surface area (Å²) in [4.78, 5) is 0. The third-order valence-corrected chi connectivity index (χ3v) is 0. The Balaban J connectivity index is 0. The Hall–Kier alpha value is 1.16. The van der Waals surface area contributed by atoms with Crippen molar-refractivity contribution in [3.63, 3.8) is 0 Å². The normalized spacial score (nSPS) is 2.00. The topological polar surface area (TPSA) is 17.1 Å². The molecule has 0 aliphatic rings. The second kappa shape index (κ2) is 30.9. The van der Waals surface area contributed by atoms with Gasteiger partial charge in [0.25, 0.3) is 0 Å². The van der Waals surface area contributed by atoms with Crippen molar-refractivity contribution >= 4 is 42.5 Å². The van der Waals surface area contributed by atoms with Gasteiger partial charge in [-0.15, -0.1) is 0 Å². The molecule has 0 amide bonds. The van der Waals surface area contributed by atoms with Crippen LogP contribution in [-0.2, 0) is 4.46 Å². The van der Waals surface area contributed by atoms with Crippen LogP contribution < -0.4 is 0 Å². The van der Waals surface area contributed by atoms with Gasteiger partial charge in [0.1, 0.15) is 0 Å². The molecule has 0 rings (SSSR count). The van der Waals surface area contributed by atoms with E-state index in [-0.39, 0.29) is 0 Å². The van der Waals surface area contributed by atoms with Crippen LogP contribution in [0.2, 0.25) is 0 Å². The summed E-state index contributed by atoms with van der Waals surface area (Å²) in [6.07, 6.45) is 0. The van der Waals surface area contributed by atoms with Crippen LogP contribution in [0.25, 0.3) is 0 Å².